The molecule has 0 aliphatic carbocycles. The van der Waals surface area contributed by atoms with E-state index >= 15 is 0 Å². The first-order chi connectivity index (χ1) is 10.1. The summed E-state index contributed by atoms with van der Waals surface area (Å²) in [5.41, 5.74) is 1.55. The minimum absolute atomic E-state index is 0.112. The lowest BCUT2D eigenvalue weighted by atomic mass is 10.2. The van der Waals surface area contributed by atoms with E-state index in [2.05, 4.69) is 0 Å². The number of halogens is 1. The van der Waals surface area contributed by atoms with Gasteiger partial charge in [-0.1, -0.05) is 48.0 Å². The minimum Gasteiger partial charge on any atom is -0.488 e. The van der Waals surface area contributed by atoms with Crippen LogP contribution in [0.15, 0.2) is 48.5 Å². The molecule has 0 heterocycles. The third kappa shape index (κ3) is 3.83. The highest BCUT2D eigenvalue weighted by atomic mass is 35.5. The molecule has 0 aromatic heterocycles. The molecular formula is C16H14ClNO3. The smallest absolute Gasteiger partial charge is 0.288 e. The van der Waals surface area contributed by atoms with Crippen LogP contribution < -0.4 is 4.74 Å². The molecule has 21 heavy (non-hydrogen) atoms. The number of allylic oxidation sites excluding steroid dienone is 1. The van der Waals surface area contributed by atoms with Gasteiger partial charge in [-0.25, -0.2) is 0 Å². The molecule has 4 nitrogen and oxygen atoms in total. The van der Waals surface area contributed by atoms with Crippen LogP contribution in [0.3, 0.4) is 0 Å². The van der Waals surface area contributed by atoms with Crippen molar-refractivity contribution in [2.45, 2.75) is 13.5 Å². The number of rotatable bonds is 5. The summed E-state index contributed by atoms with van der Waals surface area (Å²) in [4.78, 5) is 10.4. The van der Waals surface area contributed by atoms with Crippen LogP contribution >= 0.6 is 11.6 Å². The van der Waals surface area contributed by atoms with Gasteiger partial charge in [0.2, 0.25) is 0 Å². The molecule has 108 valence electrons. The summed E-state index contributed by atoms with van der Waals surface area (Å²) in [7, 11) is 0. The number of nitro groups is 1. The Morgan fingerprint density at radius 2 is 2.05 bits per heavy atom. The Bertz CT molecular complexity index is 683. The number of benzene rings is 2. The maximum absolute atomic E-state index is 10.9. The summed E-state index contributed by atoms with van der Waals surface area (Å²) in [6.07, 6.45) is 3.87. The molecule has 0 aliphatic heterocycles. The summed E-state index contributed by atoms with van der Waals surface area (Å²) in [6, 6.07) is 12.3. The van der Waals surface area contributed by atoms with Gasteiger partial charge in [-0.3, -0.25) is 10.1 Å². The van der Waals surface area contributed by atoms with Crippen LogP contribution in [-0.4, -0.2) is 4.92 Å². The maximum Gasteiger partial charge on any atom is 0.288 e. The van der Waals surface area contributed by atoms with Crippen molar-refractivity contribution in [3.05, 3.63) is 74.8 Å². The zero-order chi connectivity index (χ0) is 15.2. The number of nitrogens with zero attached hydrogens (tertiary/aromatic N) is 1. The fourth-order valence-electron chi connectivity index (χ4n) is 1.88. The van der Waals surface area contributed by atoms with Gasteiger partial charge >= 0.3 is 0 Å². The third-order valence-corrected chi connectivity index (χ3v) is 3.19. The summed E-state index contributed by atoms with van der Waals surface area (Å²) in [6.45, 7) is 2.17. The second-order valence-electron chi connectivity index (χ2n) is 4.37. The Morgan fingerprint density at radius 3 is 2.76 bits per heavy atom. The Morgan fingerprint density at radius 1 is 1.29 bits per heavy atom. The van der Waals surface area contributed by atoms with Gasteiger partial charge in [0.1, 0.15) is 17.4 Å². The van der Waals surface area contributed by atoms with Gasteiger partial charge in [0.25, 0.3) is 5.69 Å². The summed E-state index contributed by atoms with van der Waals surface area (Å²) in [5, 5.41) is 11.0. The van der Waals surface area contributed by atoms with Gasteiger partial charge in [-0.15, -0.1) is 0 Å². The molecule has 0 bridgehead atoms. The number of para-hydroxylation sites is 1. The van der Waals surface area contributed by atoms with Gasteiger partial charge in [-0.2, -0.15) is 0 Å². The lowest BCUT2D eigenvalue weighted by Crippen LogP contribution is -1.98. The van der Waals surface area contributed by atoms with Gasteiger partial charge in [-0.05, 0) is 24.6 Å². The van der Waals surface area contributed by atoms with Crippen molar-refractivity contribution in [2.75, 3.05) is 0 Å². The normalized spacial score (nSPS) is 10.8. The molecule has 2 rings (SSSR count). The molecule has 0 unspecified atom stereocenters. The number of hydrogen-bond donors (Lipinski definition) is 0. The molecule has 5 heteroatoms. The monoisotopic (exact) mass is 303 g/mol. The third-order valence-electron chi connectivity index (χ3n) is 2.87. The summed E-state index contributed by atoms with van der Waals surface area (Å²) in [5.74, 6) is 0.730. The quantitative estimate of drug-likeness (QED) is 0.585. The zero-order valence-corrected chi connectivity index (χ0v) is 12.2. The van der Waals surface area contributed by atoms with Crippen molar-refractivity contribution in [3.63, 3.8) is 0 Å². The van der Waals surface area contributed by atoms with Gasteiger partial charge in [0.05, 0.1) is 4.92 Å². The van der Waals surface area contributed by atoms with Gasteiger partial charge in [0, 0.05) is 11.6 Å². The van der Waals surface area contributed by atoms with Crippen LogP contribution in [0.2, 0.25) is 5.02 Å². The van der Waals surface area contributed by atoms with Gasteiger partial charge < -0.3 is 4.74 Å². The lowest BCUT2D eigenvalue weighted by molar-refractivity contribution is -0.384. The highest BCUT2D eigenvalue weighted by Crippen LogP contribution is 2.26. The molecule has 0 N–H and O–H groups in total. The van der Waals surface area contributed by atoms with E-state index in [1.54, 1.807) is 6.07 Å². The molecule has 0 saturated carbocycles. The summed E-state index contributed by atoms with van der Waals surface area (Å²) >= 11 is 5.78. The fourth-order valence-corrected chi connectivity index (χ4v) is 2.06. The first kappa shape index (κ1) is 15.1. The van der Waals surface area contributed by atoms with Crippen molar-refractivity contribution >= 4 is 23.4 Å². The molecule has 0 radical (unpaired) electrons. The van der Waals surface area contributed by atoms with Gasteiger partial charge in [0.15, 0.2) is 0 Å². The molecule has 0 amide bonds. The SMILES string of the molecule is C/C=C/c1ccccc1OCc1ccc(Cl)c([N+](=O)[O-])c1. The van der Waals surface area contributed by atoms with Crippen LogP contribution in [0.4, 0.5) is 5.69 Å². The Hall–Kier alpha value is -2.33. The highest BCUT2D eigenvalue weighted by Gasteiger charge is 2.13. The van der Waals surface area contributed by atoms with E-state index < -0.39 is 4.92 Å². The Balaban J connectivity index is 2.17. The van der Waals surface area contributed by atoms with Crippen molar-refractivity contribution < 1.29 is 9.66 Å². The van der Waals surface area contributed by atoms with E-state index in [1.165, 1.54) is 12.1 Å². The first-order valence-corrected chi connectivity index (χ1v) is 6.77. The minimum atomic E-state index is -0.500. The second-order valence-corrected chi connectivity index (χ2v) is 4.78. The topological polar surface area (TPSA) is 52.4 Å². The Kier molecular flexibility index (Phi) is 4.95. The highest BCUT2D eigenvalue weighted by molar-refractivity contribution is 6.32. The van der Waals surface area contributed by atoms with Crippen LogP contribution in [0, 0.1) is 10.1 Å². The average Bonchev–Trinajstić information content (AvgIpc) is 2.47. The molecule has 0 fully saturated rings. The maximum atomic E-state index is 10.9. The number of hydrogen-bond acceptors (Lipinski definition) is 3. The predicted octanol–water partition coefficient (Wildman–Crippen LogP) is 4.86. The van der Waals surface area contributed by atoms with Crippen molar-refractivity contribution in [1.29, 1.82) is 0 Å². The molecular weight excluding hydrogens is 290 g/mol. The van der Waals surface area contributed by atoms with E-state index in [1.807, 2.05) is 43.3 Å². The van der Waals surface area contributed by atoms with E-state index in [9.17, 15) is 10.1 Å². The molecule has 0 aliphatic rings. The fraction of sp³-hybridized carbons (Fsp3) is 0.125. The molecule has 2 aromatic carbocycles. The van der Waals surface area contributed by atoms with E-state index in [4.69, 9.17) is 16.3 Å². The molecule has 0 spiro atoms. The average molecular weight is 304 g/mol. The Labute approximate surface area is 127 Å². The van der Waals surface area contributed by atoms with Crippen molar-refractivity contribution in [3.8, 4) is 5.75 Å². The van der Waals surface area contributed by atoms with Crippen LogP contribution in [0.1, 0.15) is 18.1 Å². The molecule has 2 aromatic rings. The summed E-state index contributed by atoms with van der Waals surface area (Å²) < 4.78 is 5.73. The van der Waals surface area contributed by atoms with Crippen LogP contribution in [0.5, 0.6) is 5.75 Å². The zero-order valence-electron chi connectivity index (χ0n) is 11.5. The number of nitro benzene ring substituents is 1. The van der Waals surface area contributed by atoms with E-state index in [-0.39, 0.29) is 17.3 Å². The number of ether oxygens (including phenoxy) is 1. The van der Waals surface area contributed by atoms with Crippen molar-refractivity contribution in [1.82, 2.24) is 0 Å². The second kappa shape index (κ2) is 6.90. The van der Waals surface area contributed by atoms with E-state index in [0.717, 1.165) is 11.3 Å². The standard InChI is InChI=1S/C16H14ClNO3/c1-2-5-13-6-3-4-7-16(13)21-11-12-8-9-14(17)15(10-12)18(19)20/h2-10H,11H2,1H3/b5-2+. The van der Waals surface area contributed by atoms with Crippen LogP contribution in [0.25, 0.3) is 6.08 Å². The van der Waals surface area contributed by atoms with Crippen LogP contribution in [-0.2, 0) is 6.61 Å². The largest absolute Gasteiger partial charge is 0.488 e. The van der Waals surface area contributed by atoms with E-state index in [0.29, 0.717) is 5.56 Å². The molecule has 0 saturated heterocycles. The molecule has 0 atom stereocenters. The first-order valence-electron chi connectivity index (χ1n) is 6.39. The van der Waals surface area contributed by atoms with Crippen molar-refractivity contribution in [2.24, 2.45) is 0 Å². The predicted molar refractivity (Wildman–Crippen MR) is 83.6 cm³/mol. The lowest BCUT2D eigenvalue weighted by Gasteiger charge is -2.09.